The molecule has 1 aliphatic rings. The molecular formula is C14H17NO5S. The number of ketones is 1. The molecule has 1 fully saturated rings. The van der Waals surface area contributed by atoms with E-state index in [1.807, 2.05) is 0 Å². The van der Waals surface area contributed by atoms with Gasteiger partial charge in [-0.1, -0.05) is 12.1 Å². The number of sulfonamides is 1. The minimum Gasteiger partial charge on any atom is -0.480 e. The van der Waals surface area contributed by atoms with Crippen molar-refractivity contribution in [2.24, 2.45) is 0 Å². The minimum atomic E-state index is -3.86. The van der Waals surface area contributed by atoms with Gasteiger partial charge in [0, 0.05) is 12.1 Å². The van der Waals surface area contributed by atoms with Gasteiger partial charge in [-0.2, -0.15) is 4.31 Å². The number of carbonyl (C=O) groups is 2. The third kappa shape index (κ3) is 3.14. The highest BCUT2D eigenvalue weighted by Crippen LogP contribution is 2.25. The first-order chi connectivity index (χ1) is 9.84. The average molecular weight is 311 g/mol. The summed E-state index contributed by atoms with van der Waals surface area (Å²) in [6, 6.07) is 4.56. The molecule has 1 saturated heterocycles. The fourth-order valence-electron chi connectivity index (χ4n) is 2.44. The van der Waals surface area contributed by atoms with Crippen LogP contribution in [0.15, 0.2) is 29.2 Å². The molecule has 0 spiro atoms. The van der Waals surface area contributed by atoms with Gasteiger partial charge in [0.05, 0.1) is 4.90 Å². The van der Waals surface area contributed by atoms with Crippen LogP contribution in [0.1, 0.15) is 36.5 Å². The summed E-state index contributed by atoms with van der Waals surface area (Å²) in [5.74, 6) is -1.28. The molecule has 0 bridgehead atoms. The van der Waals surface area contributed by atoms with Crippen molar-refractivity contribution >= 4 is 21.8 Å². The lowest BCUT2D eigenvalue weighted by Gasteiger charge is -2.31. The Hall–Kier alpha value is -1.73. The highest BCUT2D eigenvalue weighted by atomic mass is 32.2. The van der Waals surface area contributed by atoms with E-state index in [9.17, 15) is 23.1 Å². The first kappa shape index (κ1) is 15.7. The van der Waals surface area contributed by atoms with Crippen LogP contribution in [0.2, 0.25) is 0 Å². The average Bonchev–Trinajstić information content (AvgIpc) is 2.47. The number of nitrogens with zero attached hydrogens (tertiary/aromatic N) is 1. The molecule has 6 nitrogen and oxygen atoms in total. The normalized spacial score (nSPS) is 20.1. The number of aliphatic carboxylic acids is 1. The zero-order valence-electron chi connectivity index (χ0n) is 11.7. The van der Waals surface area contributed by atoms with Gasteiger partial charge in [0.1, 0.15) is 6.04 Å². The maximum atomic E-state index is 12.6. The molecule has 0 saturated carbocycles. The molecule has 0 aromatic heterocycles. The second kappa shape index (κ2) is 5.95. The van der Waals surface area contributed by atoms with Gasteiger partial charge in [-0.25, -0.2) is 8.42 Å². The first-order valence-corrected chi connectivity index (χ1v) is 8.13. The summed E-state index contributed by atoms with van der Waals surface area (Å²) < 4.78 is 26.2. The van der Waals surface area contributed by atoms with Crippen LogP contribution >= 0.6 is 0 Å². The molecule has 0 radical (unpaired) electrons. The van der Waals surface area contributed by atoms with Crippen LogP contribution in [-0.2, 0) is 14.8 Å². The number of Topliss-reactive ketones (excluding diaryl/α,β-unsaturated/α-hetero) is 1. The van der Waals surface area contributed by atoms with E-state index in [1.54, 1.807) is 0 Å². The molecule has 0 unspecified atom stereocenters. The molecule has 0 amide bonds. The summed E-state index contributed by atoms with van der Waals surface area (Å²) in [7, 11) is -3.86. The number of rotatable bonds is 4. The predicted octanol–water partition coefficient (Wildman–Crippen LogP) is 1.52. The highest BCUT2D eigenvalue weighted by Gasteiger charge is 2.37. The fraction of sp³-hybridized carbons (Fsp3) is 0.429. The van der Waals surface area contributed by atoms with E-state index in [0.29, 0.717) is 24.8 Å². The lowest BCUT2D eigenvalue weighted by Crippen LogP contribution is -2.47. The second-order valence-electron chi connectivity index (χ2n) is 5.05. The monoisotopic (exact) mass is 311 g/mol. The maximum Gasteiger partial charge on any atom is 0.322 e. The lowest BCUT2D eigenvalue weighted by atomic mass is 10.1. The van der Waals surface area contributed by atoms with Crippen molar-refractivity contribution in [3.8, 4) is 0 Å². The summed E-state index contributed by atoms with van der Waals surface area (Å²) in [4.78, 5) is 22.5. The summed E-state index contributed by atoms with van der Waals surface area (Å²) in [6.45, 7) is 1.60. The Kier molecular flexibility index (Phi) is 4.43. The molecule has 1 atom stereocenters. The molecule has 1 heterocycles. The van der Waals surface area contributed by atoms with Gasteiger partial charge in [-0.15, -0.1) is 0 Å². The number of carboxylic acid groups (broad SMARTS) is 1. The molecule has 7 heteroatoms. The van der Waals surface area contributed by atoms with Gasteiger partial charge in [0.25, 0.3) is 0 Å². The Morgan fingerprint density at radius 1 is 1.19 bits per heavy atom. The van der Waals surface area contributed by atoms with Crippen LogP contribution in [-0.4, -0.2) is 42.2 Å². The summed E-state index contributed by atoms with van der Waals surface area (Å²) in [5.41, 5.74) is 0.419. The fourth-order valence-corrected chi connectivity index (χ4v) is 4.09. The van der Waals surface area contributed by atoms with E-state index in [2.05, 4.69) is 0 Å². The Balaban J connectivity index is 2.35. The number of hydrogen-bond donors (Lipinski definition) is 1. The van der Waals surface area contributed by atoms with Crippen LogP contribution in [0, 0.1) is 0 Å². The predicted molar refractivity (Wildman–Crippen MR) is 75.6 cm³/mol. The Morgan fingerprint density at radius 2 is 1.81 bits per heavy atom. The quantitative estimate of drug-likeness (QED) is 0.851. The van der Waals surface area contributed by atoms with Gasteiger partial charge in [-0.05, 0) is 38.3 Å². The lowest BCUT2D eigenvalue weighted by molar-refractivity contribution is -0.142. The Bertz CT molecular complexity index is 650. The van der Waals surface area contributed by atoms with Gasteiger partial charge in [-0.3, -0.25) is 9.59 Å². The summed E-state index contributed by atoms with van der Waals surface area (Å²) in [5, 5.41) is 9.19. The molecule has 0 aliphatic carbocycles. The topological polar surface area (TPSA) is 91.8 Å². The second-order valence-corrected chi connectivity index (χ2v) is 6.94. The van der Waals surface area contributed by atoms with E-state index in [4.69, 9.17) is 0 Å². The highest BCUT2D eigenvalue weighted by molar-refractivity contribution is 7.89. The van der Waals surface area contributed by atoms with Crippen molar-refractivity contribution in [3.05, 3.63) is 29.8 Å². The molecule has 2 rings (SSSR count). The SMILES string of the molecule is CC(=O)c1ccc(S(=O)(=O)N2CCCC[C@@H]2C(=O)O)cc1. The van der Waals surface area contributed by atoms with Gasteiger partial charge in [0.2, 0.25) is 10.0 Å². The number of carbonyl (C=O) groups excluding carboxylic acids is 1. The number of carboxylic acids is 1. The van der Waals surface area contributed by atoms with Crippen molar-refractivity contribution < 1.29 is 23.1 Å². The van der Waals surface area contributed by atoms with E-state index in [0.717, 1.165) is 4.31 Å². The van der Waals surface area contributed by atoms with Gasteiger partial charge >= 0.3 is 5.97 Å². The van der Waals surface area contributed by atoms with Crippen LogP contribution in [0.5, 0.6) is 0 Å². The zero-order chi connectivity index (χ0) is 15.6. The third-order valence-corrected chi connectivity index (χ3v) is 5.53. The smallest absolute Gasteiger partial charge is 0.322 e. The molecule has 1 aromatic carbocycles. The van der Waals surface area contributed by atoms with Gasteiger partial charge in [0.15, 0.2) is 5.78 Å². The third-order valence-electron chi connectivity index (χ3n) is 3.61. The molecule has 114 valence electrons. The number of hydrogen-bond acceptors (Lipinski definition) is 4. The van der Waals surface area contributed by atoms with E-state index in [-0.39, 0.29) is 17.2 Å². The molecule has 1 aromatic rings. The van der Waals surface area contributed by atoms with E-state index in [1.165, 1.54) is 31.2 Å². The maximum absolute atomic E-state index is 12.6. The molecule has 21 heavy (non-hydrogen) atoms. The largest absolute Gasteiger partial charge is 0.480 e. The number of benzene rings is 1. The van der Waals surface area contributed by atoms with Crippen molar-refractivity contribution in [2.45, 2.75) is 37.1 Å². The van der Waals surface area contributed by atoms with Crippen molar-refractivity contribution in [3.63, 3.8) is 0 Å². The van der Waals surface area contributed by atoms with E-state index < -0.39 is 22.0 Å². The van der Waals surface area contributed by atoms with Crippen molar-refractivity contribution in [1.29, 1.82) is 0 Å². The van der Waals surface area contributed by atoms with Crippen molar-refractivity contribution in [2.75, 3.05) is 6.54 Å². The Morgan fingerprint density at radius 3 is 2.33 bits per heavy atom. The summed E-state index contributed by atoms with van der Waals surface area (Å²) >= 11 is 0. The van der Waals surface area contributed by atoms with Crippen LogP contribution in [0.4, 0.5) is 0 Å². The molecular weight excluding hydrogens is 294 g/mol. The molecule has 1 N–H and O–H groups in total. The number of piperidine rings is 1. The van der Waals surface area contributed by atoms with Crippen LogP contribution in [0.3, 0.4) is 0 Å². The zero-order valence-corrected chi connectivity index (χ0v) is 12.5. The van der Waals surface area contributed by atoms with Crippen LogP contribution < -0.4 is 0 Å². The van der Waals surface area contributed by atoms with Crippen LogP contribution in [0.25, 0.3) is 0 Å². The Labute approximate surface area is 123 Å². The standard InChI is InChI=1S/C14H17NO5S/c1-10(16)11-5-7-12(8-6-11)21(19,20)15-9-3-2-4-13(15)14(17)18/h5-8,13H,2-4,9H2,1H3,(H,17,18)/t13-/m1/s1. The van der Waals surface area contributed by atoms with E-state index >= 15 is 0 Å². The minimum absolute atomic E-state index is 0.0145. The first-order valence-electron chi connectivity index (χ1n) is 6.69. The van der Waals surface area contributed by atoms with Gasteiger partial charge < -0.3 is 5.11 Å². The molecule has 1 aliphatic heterocycles. The summed E-state index contributed by atoms with van der Waals surface area (Å²) in [6.07, 6.45) is 1.67. The van der Waals surface area contributed by atoms with Crippen molar-refractivity contribution in [1.82, 2.24) is 4.31 Å².